The van der Waals surface area contributed by atoms with Crippen LogP contribution >= 0.6 is 11.8 Å². The molecule has 24 heavy (non-hydrogen) atoms. The number of hydrogen-bond donors (Lipinski definition) is 0. The third kappa shape index (κ3) is 3.76. The summed E-state index contributed by atoms with van der Waals surface area (Å²) >= 11 is 1.69. The highest BCUT2D eigenvalue weighted by Crippen LogP contribution is 2.27. The van der Waals surface area contributed by atoms with Crippen LogP contribution in [0.15, 0.2) is 53.9 Å². The van der Waals surface area contributed by atoms with Crippen LogP contribution in [0.4, 0.5) is 0 Å². The minimum Gasteiger partial charge on any atom is -0.497 e. The average Bonchev–Trinajstić information content (AvgIpc) is 3.04. The fourth-order valence-corrected chi connectivity index (χ4v) is 3.35. The Morgan fingerprint density at radius 2 is 1.96 bits per heavy atom. The Kier molecular flexibility index (Phi) is 5.48. The molecule has 124 valence electrons. The van der Waals surface area contributed by atoms with Crippen LogP contribution in [0.25, 0.3) is 11.4 Å². The molecule has 0 unspecified atom stereocenters. The van der Waals surface area contributed by atoms with Crippen molar-refractivity contribution < 1.29 is 4.74 Å². The lowest BCUT2D eigenvalue weighted by molar-refractivity contribution is 0.414. The van der Waals surface area contributed by atoms with Gasteiger partial charge in [-0.05, 0) is 36.2 Å². The van der Waals surface area contributed by atoms with Crippen LogP contribution in [-0.2, 0) is 12.3 Å². The molecule has 0 bridgehead atoms. The maximum absolute atomic E-state index is 5.28. The van der Waals surface area contributed by atoms with Gasteiger partial charge in [-0.1, -0.05) is 30.8 Å². The number of nitrogens with zero attached hydrogens (tertiary/aromatic N) is 4. The highest BCUT2D eigenvalue weighted by Gasteiger charge is 2.13. The Balaban J connectivity index is 1.81. The lowest BCUT2D eigenvalue weighted by Crippen LogP contribution is -2.02. The van der Waals surface area contributed by atoms with Crippen LogP contribution < -0.4 is 4.74 Å². The molecule has 0 fully saturated rings. The minimum atomic E-state index is 0.829. The van der Waals surface area contributed by atoms with Gasteiger partial charge in [-0.3, -0.25) is 4.98 Å². The summed E-state index contributed by atoms with van der Waals surface area (Å²) < 4.78 is 7.46. The summed E-state index contributed by atoms with van der Waals surface area (Å²) in [5.74, 6) is 2.60. The number of thioether (sulfide) groups is 1. The summed E-state index contributed by atoms with van der Waals surface area (Å²) in [6.07, 6.45) is 4.59. The summed E-state index contributed by atoms with van der Waals surface area (Å²) in [5.41, 5.74) is 2.25. The molecule has 3 rings (SSSR count). The first-order chi connectivity index (χ1) is 11.8. The zero-order valence-electron chi connectivity index (χ0n) is 13.8. The summed E-state index contributed by atoms with van der Waals surface area (Å²) in [6.45, 7) is 3.05. The van der Waals surface area contributed by atoms with Crippen molar-refractivity contribution in [3.8, 4) is 17.1 Å². The zero-order valence-corrected chi connectivity index (χ0v) is 14.7. The van der Waals surface area contributed by atoms with Crippen molar-refractivity contribution in [3.05, 3.63) is 54.4 Å². The van der Waals surface area contributed by atoms with E-state index in [-0.39, 0.29) is 0 Å². The van der Waals surface area contributed by atoms with Crippen molar-refractivity contribution in [1.29, 1.82) is 0 Å². The smallest absolute Gasteiger partial charge is 0.191 e. The number of methoxy groups -OCH3 is 1. The maximum Gasteiger partial charge on any atom is 0.191 e. The third-order valence-electron chi connectivity index (χ3n) is 3.60. The van der Waals surface area contributed by atoms with Crippen molar-refractivity contribution in [2.75, 3.05) is 7.11 Å². The number of pyridine rings is 1. The second kappa shape index (κ2) is 7.97. The molecule has 0 atom stereocenters. The second-order valence-corrected chi connectivity index (χ2v) is 6.28. The lowest BCUT2D eigenvalue weighted by atomic mass is 10.2. The quantitative estimate of drug-likeness (QED) is 0.607. The highest BCUT2D eigenvalue weighted by atomic mass is 32.2. The van der Waals surface area contributed by atoms with Crippen LogP contribution in [-0.4, -0.2) is 26.9 Å². The number of benzene rings is 1. The molecule has 3 aromatic rings. The Morgan fingerprint density at radius 1 is 1.12 bits per heavy atom. The molecular formula is C18H20N4OS. The van der Waals surface area contributed by atoms with E-state index < -0.39 is 0 Å². The number of rotatable bonds is 7. The standard InChI is InChI=1S/C18H20N4OS/c1-3-11-22-17(15-7-9-19-10-8-15)20-21-18(22)24-13-14-5-4-6-16(12-14)23-2/h4-10,12H,3,11,13H2,1-2H3. The van der Waals surface area contributed by atoms with Crippen LogP contribution in [0.3, 0.4) is 0 Å². The molecule has 0 amide bonds. The molecule has 0 saturated heterocycles. The van der Waals surface area contributed by atoms with Gasteiger partial charge in [0.1, 0.15) is 5.75 Å². The van der Waals surface area contributed by atoms with Gasteiger partial charge in [-0.15, -0.1) is 10.2 Å². The summed E-state index contributed by atoms with van der Waals surface area (Å²) in [7, 11) is 1.69. The lowest BCUT2D eigenvalue weighted by Gasteiger charge is -2.09. The van der Waals surface area contributed by atoms with E-state index in [4.69, 9.17) is 4.74 Å². The minimum absolute atomic E-state index is 0.829. The van der Waals surface area contributed by atoms with Crippen molar-refractivity contribution in [3.63, 3.8) is 0 Å². The topological polar surface area (TPSA) is 52.8 Å². The Hall–Kier alpha value is -2.34. The van der Waals surface area contributed by atoms with E-state index in [9.17, 15) is 0 Å². The summed E-state index contributed by atoms with van der Waals surface area (Å²) in [5, 5.41) is 9.72. The molecule has 0 aliphatic carbocycles. The highest BCUT2D eigenvalue weighted by molar-refractivity contribution is 7.98. The molecule has 6 heteroatoms. The van der Waals surface area contributed by atoms with Crippen LogP contribution in [0.2, 0.25) is 0 Å². The van der Waals surface area contributed by atoms with Gasteiger partial charge in [0.15, 0.2) is 11.0 Å². The number of aromatic nitrogens is 4. The van der Waals surface area contributed by atoms with E-state index in [1.807, 2.05) is 24.3 Å². The van der Waals surface area contributed by atoms with Crippen molar-refractivity contribution in [1.82, 2.24) is 19.7 Å². The average molecular weight is 340 g/mol. The van der Waals surface area contributed by atoms with E-state index in [0.29, 0.717) is 0 Å². The Morgan fingerprint density at radius 3 is 2.71 bits per heavy atom. The fourth-order valence-electron chi connectivity index (χ4n) is 2.45. The van der Waals surface area contributed by atoms with Crippen molar-refractivity contribution in [2.24, 2.45) is 0 Å². The summed E-state index contributed by atoms with van der Waals surface area (Å²) in [4.78, 5) is 4.07. The van der Waals surface area contributed by atoms with Gasteiger partial charge < -0.3 is 9.30 Å². The number of hydrogen-bond acceptors (Lipinski definition) is 5. The largest absolute Gasteiger partial charge is 0.497 e. The van der Waals surface area contributed by atoms with Gasteiger partial charge in [0.2, 0.25) is 0 Å². The SMILES string of the molecule is CCCn1c(SCc2cccc(OC)c2)nnc1-c1ccncc1. The van der Waals surface area contributed by atoms with E-state index in [2.05, 4.69) is 38.8 Å². The molecule has 2 heterocycles. The fraction of sp³-hybridized carbons (Fsp3) is 0.278. The van der Waals surface area contributed by atoms with Gasteiger partial charge in [0, 0.05) is 30.3 Å². The number of ether oxygens (including phenoxy) is 1. The Labute approximate surface area is 146 Å². The molecule has 0 radical (unpaired) electrons. The molecule has 5 nitrogen and oxygen atoms in total. The van der Waals surface area contributed by atoms with Gasteiger partial charge in [0.25, 0.3) is 0 Å². The van der Waals surface area contributed by atoms with Gasteiger partial charge in [-0.2, -0.15) is 0 Å². The van der Waals surface area contributed by atoms with E-state index in [0.717, 1.165) is 41.0 Å². The van der Waals surface area contributed by atoms with E-state index in [1.54, 1.807) is 31.3 Å². The van der Waals surface area contributed by atoms with Gasteiger partial charge >= 0.3 is 0 Å². The second-order valence-electron chi connectivity index (χ2n) is 5.33. The zero-order chi connectivity index (χ0) is 16.8. The first-order valence-corrected chi connectivity index (χ1v) is 8.89. The maximum atomic E-state index is 5.28. The normalized spacial score (nSPS) is 10.8. The van der Waals surface area contributed by atoms with Crippen LogP contribution in [0.1, 0.15) is 18.9 Å². The van der Waals surface area contributed by atoms with Crippen molar-refractivity contribution in [2.45, 2.75) is 30.8 Å². The molecule has 0 N–H and O–H groups in total. The Bertz CT molecular complexity index is 789. The molecule has 0 aliphatic rings. The molecular weight excluding hydrogens is 320 g/mol. The first kappa shape index (κ1) is 16.5. The van der Waals surface area contributed by atoms with E-state index >= 15 is 0 Å². The predicted molar refractivity (Wildman–Crippen MR) is 96.1 cm³/mol. The summed E-state index contributed by atoms with van der Waals surface area (Å²) in [6, 6.07) is 12.0. The molecule has 0 saturated carbocycles. The van der Waals surface area contributed by atoms with Crippen molar-refractivity contribution >= 4 is 11.8 Å². The van der Waals surface area contributed by atoms with Crippen LogP contribution in [0.5, 0.6) is 5.75 Å². The van der Waals surface area contributed by atoms with Gasteiger partial charge in [-0.25, -0.2) is 0 Å². The predicted octanol–water partition coefficient (Wildman–Crippen LogP) is 4.05. The third-order valence-corrected chi connectivity index (χ3v) is 4.64. The monoisotopic (exact) mass is 340 g/mol. The van der Waals surface area contributed by atoms with Gasteiger partial charge in [0.05, 0.1) is 7.11 Å². The molecule has 0 spiro atoms. The van der Waals surface area contributed by atoms with E-state index in [1.165, 1.54) is 5.56 Å². The first-order valence-electron chi connectivity index (χ1n) is 7.91. The molecule has 1 aromatic carbocycles. The van der Waals surface area contributed by atoms with Crippen LogP contribution in [0, 0.1) is 0 Å². The molecule has 0 aliphatic heterocycles. The molecule has 2 aromatic heterocycles.